The highest BCUT2D eigenvalue weighted by Crippen LogP contribution is 2.21. The molecule has 0 aliphatic heterocycles. The van der Waals surface area contributed by atoms with Crippen molar-refractivity contribution in [1.29, 1.82) is 0 Å². The molecule has 2 amide bonds. The molecule has 1 aromatic carbocycles. The second-order valence-corrected chi connectivity index (χ2v) is 4.43. The van der Waals surface area contributed by atoms with E-state index in [2.05, 4.69) is 5.32 Å². The van der Waals surface area contributed by atoms with Gasteiger partial charge in [-0.3, -0.25) is 9.59 Å². The average Bonchev–Trinajstić information content (AvgIpc) is 2.28. The van der Waals surface area contributed by atoms with Gasteiger partial charge in [0.1, 0.15) is 0 Å². The van der Waals surface area contributed by atoms with E-state index in [1.807, 2.05) is 0 Å². The van der Waals surface area contributed by atoms with Crippen molar-refractivity contribution in [3.8, 4) is 0 Å². The van der Waals surface area contributed by atoms with Crippen LogP contribution in [0.2, 0.25) is 5.02 Å². The Morgan fingerprint density at radius 2 is 2.11 bits per heavy atom. The van der Waals surface area contributed by atoms with Crippen LogP contribution in [0.15, 0.2) is 18.2 Å². The number of nitrogens with two attached hydrogens (primary N) is 2. The van der Waals surface area contributed by atoms with E-state index in [9.17, 15) is 9.59 Å². The Kier molecular flexibility index (Phi) is 5.12. The molecule has 98 valence electrons. The first-order valence-corrected chi connectivity index (χ1v) is 5.93. The Hall–Kier alpha value is -1.59. The van der Waals surface area contributed by atoms with Crippen molar-refractivity contribution in [2.24, 2.45) is 17.4 Å². The van der Waals surface area contributed by atoms with Crippen LogP contribution in [0.25, 0.3) is 0 Å². The van der Waals surface area contributed by atoms with Crippen molar-refractivity contribution < 1.29 is 9.59 Å². The number of amides is 2. The maximum atomic E-state index is 11.7. The van der Waals surface area contributed by atoms with Crippen LogP contribution in [-0.2, 0) is 4.79 Å². The first kappa shape index (κ1) is 14.5. The fourth-order valence-corrected chi connectivity index (χ4v) is 1.71. The normalized spacial score (nSPS) is 11.9. The molecule has 1 aromatic rings. The van der Waals surface area contributed by atoms with Crippen molar-refractivity contribution >= 4 is 29.1 Å². The van der Waals surface area contributed by atoms with E-state index in [4.69, 9.17) is 23.1 Å². The number of carbonyl (C=O) groups is 2. The molecule has 6 heteroatoms. The second kappa shape index (κ2) is 6.37. The van der Waals surface area contributed by atoms with Crippen molar-refractivity contribution in [2.75, 3.05) is 11.9 Å². The average molecular weight is 270 g/mol. The number of carbonyl (C=O) groups excluding carboxylic acids is 2. The van der Waals surface area contributed by atoms with Gasteiger partial charge in [-0.15, -0.1) is 0 Å². The molecule has 0 radical (unpaired) electrons. The molecule has 5 nitrogen and oxygen atoms in total. The Morgan fingerprint density at radius 1 is 1.44 bits per heavy atom. The molecule has 0 saturated carbocycles. The Labute approximate surface area is 110 Å². The van der Waals surface area contributed by atoms with E-state index in [1.165, 1.54) is 12.1 Å². The minimum Gasteiger partial charge on any atom is -0.366 e. The summed E-state index contributed by atoms with van der Waals surface area (Å²) in [6.45, 7) is 2.25. The number of halogens is 1. The summed E-state index contributed by atoms with van der Waals surface area (Å²) in [6.07, 6.45) is 0.610. The summed E-state index contributed by atoms with van der Waals surface area (Å²) in [7, 11) is 0. The van der Waals surface area contributed by atoms with Crippen molar-refractivity contribution in [3.63, 3.8) is 0 Å². The van der Waals surface area contributed by atoms with E-state index in [-0.39, 0.29) is 22.4 Å². The van der Waals surface area contributed by atoms with Gasteiger partial charge < -0.3 is 16.8 Å². The van der Waals surface area contributed by atoms with Gasteiger partial charge in [-0.25, -0.2) is 0 Å². The lowest BCUT2D eigenvalue weighted by Gasteiger charge is -2.11. The number of primary amides is 1. The largest absolute Gasteiger partial charge is 0.366 e. The van der Waals surface area contributed by atoms with Gasteiger partial charge in [-0.05, 0) is 31.2 Å². The highest BCUT2D eigenvalue weighted by molar-refractivity contribution is 6.34. The van der Waals surface area contributed by atoms with E-state index in [0.29, 0.717) is 18.7 Å². The van der Waals surface area contributed by atoms with Crippen LogP contribution in [0.1, 0.15) is 23.7 Å². The summed E-state index contributed by atoms with van der Waals surface area (Å²) in [5.74, 6) is -0.915. The molecule has 18 heavy (non-hydrogen) atoms. The third-order valence-electron chi connectivity index (χ3n) is 2.55. The smallest absolute Gasteiger partial charge is 0.250 e. The van der Waals surface area contributed by atoms with Crippen LogP contribution in [0.4, 0.5) is 5.69 Å². The van der Waals surface area contributed by atoms with Gasteiger partial charge in [-0.1, -0.05) is 18.5 Å². The highest BCUT2D eigenvalue weighted by atomic mass is 35.5. The maximum Gasteiger partial charge on any atom is 0.250 e. The van der Waals surface area contributed by atoms with Gasteiger partial charge in [0, 0.05) is 11.6 Å². The minimum atomic E-state index is -0.602. The fourth-order valence-electron chi connectivity index (χ4n) is 1.44. The lowest BCUT2D eigenvalue weighted by Crippen LogP contribution is -2.22. The van der Waals surface area contributed by atoms with Crippen molar-refractivity contribution in [2.45, 2.75) is 13.3 Å². The fraction of sp³-hybridized carbons (Fsp3) is 0.333. The van der Waals surface area contributed by atoms with E-state index in [1.54, 1.807) is 13.0 Å². The third-order valence-corrected chi connectivity index (χ3v) is 2.86. The number of nitrogens with one attached hydrogen (secondary N) is 1. The molecule has 0 fully saturated rings. The van der Waals surface area contributed by atoms with E-state index >= 15 is 0 Å². The first-order chi connectivity index (χ1) is 8.45. The van der Waals surface area contributed by atoms with Gasteiger partial charge in [0.2, 0.25) is 11.8 Å². The maximum absolute atomic E-state index is 11.7. The standard InChI is InChI=1S/C12H16ClN3O2/c1-7(4-5-14)12(18)16-8-2-3-9(11(15)17)10(13)6-8/h2-3,6-7H,4-5,14H2,1H3,(H2,15,17)(H,16,18). The number of anilines is 1. The zero-order valence-corrected chi connectivity index (χ0v) is 10.8. The van der Waals surface area contributed by atoms with E-state index < -0.39 is 5.91 Å². The van der Waals surface area contributed by atoms with Crippen LogP contribution in [-0.4, -0.2) is 18.4 Å². The molecule has 1 rings (SSSR count). The molecule has 5 N–H and O–H groups in total. The summed E-state index contributed by atoms with van der Waals surface area (Å²) >= 11 is 5.88. The Bertz CT molecular complexity index is 463. The number of benzene rings is 1. The molecule has 1 unspecified atom stereocenters. The molecule has 0 bridgehead atoms. The quantitative estimate of drug-likeness (QED) is 0.753. The molecule has 0 saturated heterocycles. The van der Waals surface area contributed by atoms with Gasteiger partial charge in [0.25, 0.3) is 0 Å². The van der Waals surface area contributed by atoms with Gasteiger partial charge >= 0.3 is 0 Å². The SMILES string of the molecule is CC(CCN)C(=O)Nc1ccc(C(N)=O)c(Cl)c1. The number of hydrogen-bond donors (Lipinski definition) is 3. The molecular formula is C12H16ClN3O2. The van der Waals surface area contributed by atoms with Gasteiger partial charge in [0.15, 0.2) is 0 Å². The predicted molar refractivity (Wildman–Crippen MR) is 71.4 cm³/mol. The lowest BCUT2D eigenvalue weighted by molar-refractivity contribution is -0.119. The van der Waals surface area contributed by atoms with Crippen LogP contribution in [0, 0.1) is 5.92 Å². The van der Waals surface area contributed by atoms with Crippen LogP contribution < -0.4 is 16.8 Å². The summed E-state index contributed by atoms with van der Waals surface area (Å²) < 4.78 is 0. The minimum absolute atomic E-state index is 0.136. The van der Waals surface area contributed by atoms with Gasteiger partial charge in [0.05, 0.1) is 10.6 Å². The zero-order valence-electron chi connectivity index (χ0n) is 10.1. The molecule has 0 spiro atoms. The molecule has 0 aliphatic carbocycles. The monoisotopic (exact) mass is 269 g/mol. The molecule has 0 aliphatic rings. The second-order valence-electron chi connectivity index (χ2n) is 4.03. The number of rotatable bonds is 5. The van der Waals surface area contributed by atoms with Crippen LogP contribution in [0.3, 0.4) is 0 Å². The lowest BCUT2D eigenvalue weighted by atomic mass is 10.1. The molecule has 0 heterocycles. The first-order valence-electron chi connectivity index (χ1n) is 5.56. The van der Waals surface area contributed by atoms with E-state index in [0.717, 1.165) is 0 Å². The third kappa shape index (κ3) is 3.72. The summed E-state index contributed by atoms with van der Waals surface area (Å²) in [5, 5.41) is 2.92. The summed E-state index contributed by atoms with van der Waals surface area (Å²) in [4.78, 5) is 22.7. The Morgan fingerprint density at radius 3 is 2.61 bits per heavy atom. The van der Waals surface area contributed by atoms with Crippen LogP contribution in [0.5, 0.6) is 0 Å². The molecule has 0 aromatic heterocycles. The van der Waals surface area contributed by atoms with Crippen LogP contribution >= 0.6 is 11.6 Å². The predicted octanol–water partition coefficient (Wildman–Crippen LogP) is 1.36. The molecular weight excluding hydrogens is 254 g/mol. The Balaban J connectivity index is 2.77. The summed E-state index contributed by atoms with van der Waals surface area (Å²) in [5.41, 5.74) is 11.3. The topological polar surface area (TPSA) is 98.2 Å². The van der Waals surface area contributed by atoms with Gasteiger partial charge in [-0.2, -0.15) is 0 Å². The van der Waals surface area contributed by atoms with Crippen molar-refractivity contribution in [1.82, 2.24) is 0 Å². The van der Waals surface area contributed by atoms with Crippen molar-refractivity contribution in [3.05, 3.63) is 28.8 Å². The molecule has 1 atom stereocenters. The number of hydrogen-bond acceptors (Lipinski definition) is 3. The zero-order chi connectivity index (χ0) is 13.7. The highest BCUT2D eigenvalue weighted by Gasteiger charge is 2.13. The summed E-state index contributed by atoms with van der Waals surface area (Å²) in [6, 6.07) is 4.56.